The average Bonchev–Trinajstić information content (AvgIpc) is 2.70. The third-order valence-corrected chi connectivity index (χ3v) is 4.81. The number of hydrogen-bond acceptors (Lipinski definition) is 3. The quantitative estimate of drug-likeness (QED) is 0.377. The molecule has 2 aromatic rings. The lowest BCUT2D eigenvalue weighted by molar-refractivity contribution is -0.111. The number of ether oxygens (including phenoxy) is 2. The summed E-state index contributed by atoms with van der Waals surface area (Å²) in [5.74, 6) is 1.15. The standard InChI is InChI=1S/C23H28ClNO3/c1-4-5-6-7-15-28-21-13-11-18(16-22(21)27-3)12-14-23(26)25-20-10-8-9-19(24)17(20)2/h8-14,16H,4-7,15H2,1-3H3,(H,25,26)/b14-12+. The minimum atomic E-state index is -0.222. The first-order valence-corrected chi connectivity index (χ1v) is 9.98. The molecule has 2 rings (SSSR count). The van der Waals surface area contributed by atoms with Crippen molar-refractivity contribution in [3.8, 4) is 11.5 Å². The Bertz CT molecular complexity index is 817. The lowest BCUT2D eigenvalue weighted by Crippen LogP contribution is -2.09. The molecule has 28 heavy (non-hydrogen) atoms. The van der Waals surface area contributed by atoms with E-state index < -0.39 is 0 Å². The van der Waals surface area contributed by atoms with Crippen LogP contribution in [0.1, 0.15) is 43.7 Å². The number of unbranched alkanes of at least 4 members (excludes halogenated alkanes) is 3. The zero-order valence-corrected chi connectivity index (χ0v) is 17.5. The number of carbonyl (C=O) groups is 1. The van der Waals surface area contributed by atoms with Gasteiger partial charge in [-0.2, -0.15) is 0 Å². The van der Waals surface area contributed by atoms with Crippen LogP contribution < -0.4 is 14.8 Å². The molecule has 0 aliphatic heterocycles. The van der Waals surface area contributed by atoms with E-state index >= 15 is 0 Å². The van der Waals surface area contributed by atoms with Crippen molar-refractivity contribution in [1.82, 2.24) is 0 Å². The number of halogens is 1. The van der Waals surface area contributed by atoms with Gasteiger partial charge >= 0.3 is 0 Å². The highest BCUT2D eigenvalue weighted by molar-refractivity contribution is 6.31. The number of rotatable bonds is 10. The minimum absolute atomic E-state index is 0.222. The van der Waals surface area contributed by atoms with Crippen LogP contribution in [0.5, 0.6) is 11.5 Å². The largest absolute Gasteiger partial charge is 0.493 e. The molecule has 0 atom stereocenters. The first-order valence-electron chi connectivity index (χ1n) is 9.60. The molecule has 0 spiro atoms. The fourth-order valence-corrected chi connectivity index (χ4v) is 2.88. The molecule has 1 N–H and O–H groups in total. The molecule has 0 aliphatic rings. The van der Waals surface area contributed by atoms with Crippen molar-refractivity contribution in [2.45, 2.75) is 39.5 Å². The Kier molecular flexibility index (Phi) is 8.89. The lowest BCUT2D eigenvalue weighted by atomic mass is 10.1. The summed E-state index contributed by atoms with van der Waals surface area (Å²) in [5.41, 5.74) is 2.40. The van der Waals surface area contributed by atoms with Crippen molar-refractivity contribution in [1.29, 1.82) is 0 Å². The van der Waals surface area contributed by atoms with Crippen molar-refractivity contribution in [3.05, 3.63) is 58.6 Å². The van der Waals surface area contributed by atoms with Gasteiger partial charge < -0.3 is 14.8 Å². The van der Waals surface area contributed by atoms with Gasteiger partial charge in [-0.25, -0.2) is 0 Å². The smallest absolute Gasteiger partial charge is 0.248 e. The Morgan fingerprint density at radius 2 is 1.96 bits per heavy atom. The van der Waals surface area contributed by atoms with E-state index in [9.17, 15) is 4.79 Å². The van der Waals surface area contributed by atoms with Crippen LogP contribution in [0, 0.1) is 6.92 Å². The first-order chi connectivity index (χ1) is 13.5. The molecule has 0 radical (unpaired) electrons. The Labute approximate surface area is 172 Å². The van der Waals surface area contributed by atoms with Crippen molar-refractivity contribution < 1.29 is 14.3 Å². The van der Waals surface area contributed by atoms with E-state index in [0.717, 1.165) is 23.3 Å². The number of amides is 1. The van der Waals surface area contributed by atoms with Crippen molar-refractivity contribution in [2.75, 3.05) is 19.0 Å². The summed E-state index contributed by atoms with van der Waals surface area (Å²) < 4.78 is 11.2. The number of benzene rings is 2. The Balaban J connectivity index is 1.97. The van der Waals surface area contributed by atoms with Gasteiger partial charge in [-0.3, -0.25) is 4.79 Å². The first kappa shape index (κ1) is 21.8. The van der Waals surface area contributed by atoms with Gasteiger partial charge in [0.1, 0.15) is 0 Å². The van der Waals surface area contributed by atoms with E-state index in [-0.39, 0.29) is 5.91 Å². The number of hydrogen-bond donors (Lipinski definition) is 1. The molecule has 4 nitrogen and oxygen atoms in total. The van der Waals surface area contributed by atoms with Gasteiger partial charge in [0.15, 0.2) is 11.5 Å². The second-order valence-corrected chi connectivity index (χ2v) is 6.96. The molecular weight excluding hydrogens is 374 g/mol. The molecule has 150 valence electrons. The van der Waals surface area contributed by atoms with Gasteiger partial charge in [0, 0.05) is 16.8 Å². The van der Waals surface area contributed by atoms with Gasteiger partial charge in [0.2, 0.25) is 5.91 Å². The predicted octanol–water partition coefficient (Wildman–Crippen LogP) is 6.27. The highest BCUT2D eigenvalue weighted by Crippen LogP contribution is 2.29. The van der Waals surface area contributed by atoms with Gasteiger partial charge in [-0.1, -0.05) is 49.9 Å². The second-order valence-electron chi connectivity index (χ2n) is 6.55. The van der Waals surface area contributed by atoms with E-state index in [1.54, 1.807) is 25.3 Å². The zero-order chi connectivity index (χ0) is 20.4. The number of nitrogens with one attached hydrogen (secondary N) is 1. The maximum Gasteiger partial charge on any atom is 0.248 e. The maximum absolute atomic E-state index is 12.2. The van der Waals surface area contributed by atoms with E-state index in [1.807, 2.05) is 31.2 Å². The third-order valence-electron chi connectivity index (χ3n) is 4.40. The van der Waals surface area contributed by atoms with Gasteiger partial charge in [0.05, 0.1) is 13.7 Å². The van der Waals surface area contributed by atoms with Crippen LogP contribution >= 0.6 is 11.6 Å². The van der Waals surface area contributed by atoms with E-state index in [2.05, 4.69) is 12.2 Å². The molecule has 0 saturated heterocycles. The lowest BCUT2D eigenvalue weighted by Gasteiger charge is -2.11. The summed E-state index contributed by atoms with van der Waals surface area (Å²) in [7, 11) is 1.61. The van der Waals surface area contributed by atoms with Crippen molar-refractivity contribution in [3.63, 3.8) is 0 Å². The topological polar surface area (TPSA) is 47.6 Å². The molecule has 1 amide bonds. The predicted molar refractivity (Wildman–Crippen MR) is 116 cm³/mol. The van der Waals surface area contributed by atoms with Gasteiger partial charge in [0.25, 0.3) is 0 Å². The molecule has 0 saturated carbocycles. The molecule has 0 bridgehead atoms. The second kappa shape index (κ2) is 11.4. The molecule has 5 heteroatoms. The fourth-order valence-electron chi connectivity index (χ4n) is 2.71. The van der Waals surface area contributed by atoms with Crippen molar-refractivity contribution >= 4 is 29.3 Å². The summed E-state index contributed by atoms with van der Waals surface area (Å²) in [6.07, 6.45) is 7.85. The summed E-state index contributed by atoms with van der Waals surface area (Å²) >= 11 is 6.08. The van der Waals surface area contributed by atoms with Gasteiger partial charge in [-0.05, 0) is 54.8 Å². The van der Waals surface area contributed by atoms with Crippen LogP contribution in [0.3, 0.4) is 0 Å². The summed E-state index contributed by atoms with van der Waals surface area (Å²) in [6, 6.07) is 11.1. The van der Waals surface area contributed by atoms with Crippen LogP contribution in [0.2, 0.25) is 5.02 Å². The van der Waals surface area contributed by atoms with Crippen molar-refractivity contribution in [2.24, 2.45) is 0 Å². The van der Waals surface area contributed by atoms with Crippen LogP contribution in [-0.2, 0) is 4.79 Å². The molecule has 0 unspecified atom stereocenters. The Hall–Kier alpha value is -2.46. The van der Waals surface area contributed by atoms with Crippen LogP contribution in [0.25, 0.3) is 6.08 Å². The molecule has 0 fully saturated rings. The molecule has 0 aliphatic carbocycles. The Morgan fingerprint density at radius 3 is 2.71 bits per heavy atom. The average molecular weight is 402 g/mol. The molecule has 0 heterocycles. The summed E-state index contributed by atoms with van der Waals surface area (Å²) in [5, 5.41) is 3.46. The van der Waals surface area contributed by atoms with Crippen LogP contribution in [0.15, 0.2) is 42.5 Å². The molecule has 2 aromatic carbocycles. The van der Waals surface area contributed by atoms with E-state index in [1.165, 1.54) is 25.3 Å². The zero-order valence-electron chi connectivity index (χ0n) is 16.8. The summed E-state index contributed by atoms with van der Waals surface area (Å²) in [4.78, 5) is 12.2. The number of anilines is 1. The minimum Gasteiger partial charge on any atom is -0.493 e. The summed E-state index contributed by atoms with van der Waals surface area (Å²) in [6.45, 7) is 4.73. The maximum atomic E-state index is 12.2. The van der Waals surface area contributed by atoms with Crippen LogP contribution in [0.4, 0.5) is 5.69 Å². The number of methoxy groups -OCH3 is 1. The fraction of sp³-hybridized carbons (Fsp3) is 0.348. The monoisotopic (exact) mass is 401 g/mol. The number of carbonyl (C=O) groups excluding carboxylic acids is 1. The third kappa shape index (κ3) is 6.61. The molecular formula is C23H28ClNO3. The molecule has 0 aromatic heterocycles. The van der Waals surface area contributed by atoms with E-state index in [4.69, 9.17) is 21.1 Å². The van der Waals surface area contributed by atoms with E-state index in [0.29, 0.717) is 23.1 Å². The highest BCUT2D eigenvalue weighted by Gasteiger charge is 2.06. The van der Waals surface area contributed by atoms with Crippen LogP contribution in [-0.4, -0.2) is 19.6 Å². The SMILES string of the molecule is CCCCCCOc1ccc(/C=C/C(=O)Nc2cccc(Cl)c2C)cc1OC. The highest BCUT2D eigenvalue weighted by atomic mass is 35.5. The Morgan fingerprint density at radius 1 is 1.14 bits per heavy atom. The normalized spacial score (nSPS) is 10.9. The van der Waals surface area contributed by atoms with Gasteiger partial charge in [-0.15, -0.1) is 0 Å².